The number of anilines is 1. The van der Waals surface area contributed by atoms with Crippen LogP contribution in [0.4, 0.5) is 5.69 Å². The van der Waals surface area contributed by atoms with E-state index >= 15 is 0 Å². The van der Waals surface area contributed by atoms with Crippen molar-refractivity contribution in [3.63, 3.8) is 0 Å². The van der Waals surface area contributed by atoms with Crippen molar-refractivity contribution >= 4 is 23.6 Å². The van der Waals surface area contributed by atoms with Crippen LogP contribution in [0.2, 0.25) is 0 Å². The van der Waals surface area contributed by atoms with Gasteiger partial charge in [0.1, 0.15) is 5.70 Å². The van der Waals surface area contributed by atoms with Crippen molar-refractivity contribution < 1.29 is 9.59 Å². The average Bonchev–Trinajstić information content (AvgIpc) is 2.51. The molecule has 2 aromatic carbocycles. The first-order valence-electron chi connectivity index (χ1n) is 7.80. The number of rotatable bonds is 4. The van der Waals surface area contributed by atoms with Crippen LogP contribution in [-0.4, -0.2) is 11.8 Å². The summed E-state index contributed by atoms with van der Waals surface area (Å²) >= 11 is 0. The van der Waals surface area contributed by atoms with Gasteiger partial charge in [-0.05, 0) is 49.6 Å². The second-order valence-corrected chi connectivity index (χ2v) is 5.87. The van der Waals surface area contributed by atoms with Gasteiger partial charge >= 0.3 is 0 Å². The number of carbonyl (C=O) groups excluding carboxylic acids is 2. The molecule has 0 unspecified atom stereocenters. The van der Waals surface area contributed by atoms with E-state index in [0.717, 1.165) is 27.9 Å². The van der Waals surface area contributed by atoms with Crippen LogP contribution in [0.25, 0.3) is 6.08 Å². The van der Waals surface area contributed by atoms with Crippen LogP contribution in [0.1, 0.15) is 29.2 Å². The maximum atomic E-state index is 12.6. The van der Waals surface area contributed by atoms with Gasteiger partial charge in [0.15, 0.2) is 0 Å². The Morgan fingerprint density at radius 2 is 1.67 bits per heavy atom. The fourth-order valence-corrected chi connectivity index (χ4v) is 2.40. The Hall–Kier alpha value is -2.88. The molecule has 0 atom stereocenters. The van der Waals surface area contributed by atoms with Crippen molar-refractivity contribution in [1.82, 2.24) is 5.32 Å². The molecular formula is C20H22N2O2. The third kappa shape index (κ3) is 4.56. The summed E-state index contributed by atoms with van der Waals surface area (Å²) in [6.45, 7) is 7.28. The Balaban J connectivity index is 2.32. The van der Waals surface area contributed by atoms with Gasteiger partial charge in [0.05, 0.1) is 0 Å². The molecule has 0 aliphatic rings. The van der Waals surface area contributed by atoms with Gasteiger partial charge in [0.25, 0.3) is 5.91 Å². The van der Waals surface area contributed by atoms with Crippen LogP contribution in [0.5, 0.6) is 0 Å². The molecule has 4 nitrogen and oxygen atoms in total. The average molecular weight is 322 g/mol. The molecule has 0 bridgehead atoms. The minimum absolute atomic E-state index is 0.219. The highest BCUT2D eigenvalue weighted by atomic mass is 16.2. The van der Waals surface area contributed by atoms with E-state index in [4.69, 9.17) is 0 Å². The molecule has 2 rings (SSSR count). The van der Waals surface area contributed by atoms with Gasteiger partial charge in [-0.2, -0.15) is 0 Å². The fraction of sp³-hybridized carbons (Fsp3) is 0.200. The van der Waals surface area contributed by atoms with Crippen LogP contribution in [-0.2, 0) is 9.59 Å². The molecule has 0 fully saturated rings. The topological polar surface area (TPSA) is 58.2 Å². The molecule has 0 radical (unpaired) electrons. The largest absolute Gasteiger partial charge is 0.322 e. The molecule has 0 saturated heterocycles. The Labute approximate surface area is 142 Å². The molecule has 0 spiro atoms. The molecule has 2 N–H and O–H groups in total. The molecular weight excluding hydrogens is 300 g/mol. The maximum absolute atomic E-state index is 12.6. The van der Waals surface area contributed by atoms with Crippen molar-refractivity contribution in [1.29, 1.82) is 0 Å². The molecule has 0 aliphatic heterocycles. The number of nitrogens with one attached hydrogen (secondary N) is 2. The quantitative estimate of drug-likeness (QED) is 0.843. The van der Waals surface area contributed by atoms with Gasteiger partial charge in [-0.25, -0.2) is 0 Å². The first kappa shape index (κ1) is 17.5. The smallest absolute Gasteiger partial charge is 0.272 e. The minimum Gasteiger partial charge on any atom is -0.322 e. The molecule has 0 aliphatic carbocycles. The van der Waals surface area contributed by atoms with Crippen molar-refractivity contribution in [3.8, 4) is 0 Å². The first-order valence-corrected chi connectivity index (χ1v) is 7.80. The molecule has 0 saturated carbocycles. The number of hydrogen-bond acceptors (Lipinski definition) is 2. The zero-order chi connectivity index (χ0) is 17.7. The van der Waals surface area contributed by atoms with Gasteiger partial charge in [-0.1, -0.05) is 42.0 Å². The summed E-state index contributed by atoms with van der Waals surface area (Å²) < 4.78 is 0. The van der Waals surface area contributed by atoms with E-state index in [1.807, 2.05) is 63.2 Å². The zero-order valence-electron chi connectivity index (χ0n) is 14.4. The maximum Gasteiger partial charge on any atom is 0.272 e. The number of amides is 2. The molecule has 24 heavy (non-hydrogen) atoms. The first-order chi connectivity index (χ1) is 11.4. The van der Waals surface area contributed by atoms with Crippen molar-refractivity contribution in [2.24, 2.45) is 0 Å². The van der Waals surface area contributed by atoms with E-state index in [-0.39, 0.29) is 17.5 Å². The van der Waals surface area contributed by atoms with Gasteiger partial charge in [-0.15, -0.1) is 0 Å². The Bertz CT molecular complexity index is 807. The lowest BCUT2D eigenvalue weighted by atomic mass is 10.1. The summed E-state index contributed by atoms with van der Waals surface area (Å²) in [5, 5.41) is 5.48. The number of aryl methyl sites for hydroxylation is 3. The van der Waals surface area contributed by atoms with E-state index in [2.05, 4.69) is 10.6 Å². The van der Waals surface area contributed by atoms with E-state index in [1.165, 1.54) is 6.92 Å². The third-order valence-corrected chi connectivity index (χ3v) is 3.67. The third-order valence-electron chi connectivity index (χ3n) is 3.67. The van der Waals surface area contributed by atoms with Crippen LogP contribution in [0.3, 0.4) is 0 Å². The molecule has 0 aromatic heterocycles. The fourth-order valence-electron chi connectivity index (χ4n) is 2.40. The second-order valence-electron chi connectivity index (χ2n) is 5.87. The Kier molecular flexibility index (Phi) is 5.53. The molecule has 4 heteroatoms. The monoisotopic (exact) mass is 322 g/mol. The lowest BCUT2D eigenvalue weighted by molar-refractivity contribution is -0.120. The van der Waals surface area contributed by atoms with E-state index in [0.29, 0.717) is 0 Å². The van der Waals surface area contributed by atoms with E-state index in [9.17, 15) is 9.59 Å². The van der Waals surface area contributed by atoms with Gasteiger partial charge in [0.2, 0.25) is 5.91 Å². The standard InChI is InChI=1S/C20H22N2O2/c1-13-9-10-18(15(3)11-13)22-20(24)19(21-16(4)23)12-17-8-6-5-7-14(17)2/h5-12H,1-4H3,(H,21,23)(H,22,24)/b19-12-. The van der Waals surface area contributed by atoms with Crippen LogP contribution < -0.4 is 10.6 Å². The summed E-state index contributed by atoms with van der Waals surface area (Å²) in [6, 6.07) is 13.5. The SMILES string of the molecule is CC(=O)N/C(=C\c1ccccc1C)C(=O)Nc1ccc(C)cc1C. The predicted molar refractivity (Wildman–Crippen MR) is 97.5 cm³/mol. The second kappa shape index (κ2) is 7.59. The molecule has 0 heterocycles. The Morgan fingerprint density at radius 1 is 0.958 bits per heavy atom. The summed E-state index contributed by atoms with van der Waals surface area (Å²) in [5.74, 6) is -0.633. The normalized spacial score (nSPS) is 11.1. The lowest BCUT2D eigenvalue weighted by Crippen LogP contribution is -2.29. The summed E-state index contributed by atoms with van der Waals surface area (Å²) in [5.41, 5.74) is 4.96. The number of carbonyl (C=O) groups is 2. The van der Waals surface area contributed by atoms with Crippen LogP contribution in [0.15, 0.2) is 48.2 Å². The van der Waals surface area contributed by atoms with Crippen LogP contribution in [0, 0.1) is 20.8 Å². The van der Waals surface area contributed by atoms with E-state index in [1.54, 1.807) is 6.08 Å². The van der Waals surface area contributed by atoms with Crippen molar-refractivity contribution in [2.75, 3.05) is 5.32 Å². The van der Waals surface area contributed by atoms with Crippen molar-refractivity contribution in [2.45, 2.75) is 27.7 Å². The highest BCUT2D eigenvalue weighted by Crippen LogP contribution is 2.18. The summed E-state index contributed by atoms with van der Waals surface area (Å²) in [6.07, 6.45) is 1.69. The van der Waals surface area contributed by atoms with E-state index < -0.39 is 0 Å². The van der Waals surface area contributed by atoms with Gasteiger partial charge in [0, 0.05) is 12.6 Å². The van der Waals surface area contributed by atoms with Crippen LogP contribution >= 0.6 is 0 Å². The lowest BCUT2D eigenvalue weighted by Gasteiger charge is -2.12. The number of benzene rings is 2. The molecule has 2 amide bonds. The summed E-state index contributed by atoms with van der Waals surface area (Å²) in [4.78, 5) is 24.1. The van der Waals surface area contributed by atoms with Gasteiger partial charge < -0.3 is 10.6 Å². The van der Waals surface area contributed by atoms with Gasteiger partial charge in [-0.3, -0.25) is 9.59 Å². The highest BCUT2D eigenvalue weighted by Gasteiger charge is 2.13. The summed E-state index contributed by atoms with van der Waals surface area (Å²) in [7, 11) is 0. The zero-order valence-corrected chi connectivity index (χ0v) is 14.4. The minimum atomic E-state index is -0.347. The molecule has 2 aromatic rings. The highest BCUT2D eigenvalue weighted by molar-refractivity contribution is 6.08. The Morgan fingerprint density at radius 3 is 2.29 bits per heavy atom. The number of hydrogen-bond donors (Lipinski definition) is 2. The predicted octanol–water partition coefficient (Wildman–Crippen LogP) is 3.73. The van der Waals surface area contributed by atoms with Crippen molar-refractivity contribution in [3.05, 3.63) is 70.4 Å². The molecule has 124 valence electrons.